The zero-order chi connectivity index (χ0) is 23.5. The van der Waals surface area contributed by atoms with E-state index < -0.39 is 0 Å². The zero-order valence-electron chi connectivity index (χ0n) is 18.1. The second kappa shape index (κ2) is 9.62. The Morgan fingerprint density at radius 3 is 2.76 bits per heavy atom. The van der Waals surface area contributed by atoms with Crippen LogP contribution in [0, 0.1) is 6.92 Å². The van der Waals surface area contributed by atoms with Gasteiger partial charge in [0.05, 0.1) is 30.6 Å². The molecule has 0 bridgehead atoms. The van der Waals surface area contributed by atoms with Crippen LogP contribution in [0.5, 0.6) is 11.5 Å². The molecule has 2 N–H and O–H groups in total. The lowest BCUT2D eigenvalue weighted by atomic mass is 10.1. The Labute approximate surface area is 199 Å². The van der Waals surface area contributed by atoms with Crippen molar-refractivity contribution in [3.63, 3.8) is 0 Å². The summed E-state index contributed by atoms with van der Waals surface area (Å²) in [6.45, 7) is 2.31. The number of aromatic hydroxyl groups is 1. The highest BCUT2D eigenvalue weighted by Gasteiger charge is 2.23. The number of halogens is 1. The number of nitrogens with zero attached hydrogens (tertiary/aromatic N) is 3. The molecule has 33 heavy (non-hydrogen) atoms. The van der Waals surface area contributed by atoms with Gasteiger partial charge in [0, 0.05) is 30.6 Å². The van der Waals surface area contributed by atoms with Crippen LogP contribution >= 0.6 is 22.9 Å². The summed E-state index contributed by atoms with van der Waals surface area (Å²) >= 11 is 7.31. The summed E-state index contributed by atoms with van der Waals surface area (Å²) in [4.78, 5) is 19.0. The number of hydrogen-bond donors (Lipinski definition) is 2. The second-order valence-corrected chi connectivity index (χ2v) is 8.57. The number of carbonyl (C=O) groups is 1. The molecule has 0 spiro atoms. The first-order chi connectivity index (χ1) is 15.9. The lowest BCUT2D eigenvalue weighted by Crippen LogP contribution is -2.18. The molecule has 0 fully saturated rings. The predicted molar refractivity (Wildman–Crippen MR) is 129 cm³/mol. The molecule has 4 rings (SSSR count). The van der Waals surface area contributed by atoms with Crippen molar-refractivity contribution in [2.75, 3.05) is 14.2 Å². The van der Waals surface area contributed by atoms with Gasteiger partial charge < -0.3 is 19.1 Å². The molecule has 170 valence electrons. The van der Waals surface area contributed by atoms with Crippen LogP contribution in [0.1, 0.15) is 26.5 Å². The zero-order valence-corrected chi connectivity index (χ0v) is 19.7. The predicted octanol–water partition coefficient (Wildman–Crippen LogP) is 4.67. The van der Waals surface area contributed by atoms with Gasteiger partial charge in [-0.05, 0) is 48.4 Å². The number of aryl methyl sites for hydroxylation is 1. The molecule has 0 saturated carbocycles. The molecule has 1 aromatic carbocycles. The van der Waals surface area contributed by atoms with E-state index in [0.29, 0.717) is 17.0 Å². The number of phenolic OH excluding ortho intramolecular Hbond substituents is 1. The number of amides is 1. The van der Waals surface area contributed by atoms with Gasteiger partial charge in [-0.2, -0.15) is 5.10 Å². The third-order valence-corrected chi connectivity index (χ3v) is 6.23. The fourth-order valence-electron chi connectivity index (χ4n) is 3.49. The average molecular weight is 485 g/mol. The number of aromatic nitrogens is 2. The smallest absolute Gasteiger partial charge is 0.283 e. The van der Waals surface area contributed by atoms with E-state index in [-0.39, 0.29) is 22.4 Å². The molecule has 8 nitrogen and oxygen atoms in total. The molecule has 1 amide bonds. The molecule has 10 heteroatoms. The number of hydrazone groups is 1. The molecule has 4 aromatic rings. The molecule has 0 radical (unpaired) electrons. The minimum atomic E-state index is -0.379. The lowest BCUT2D eigenvalue weighted by Gasteiger charge is -2.09. The van der Waals surface area contributed by atoms with Gasteiger partial charge in [0.1, 0.15) is 9.71 Å². The number of fused-ring (bicyclic) bond motifs is 1. The van der Waals surface area contributed by atoms with E-state index >= 15 is 0 Å². The summed E-state index contributed by atoms with van der Waals surface area (Å²) in [5, 5.41) is 14.9. The Morgan fingerprint density at radius 1 is 1.30 bits per heavy atom. The average Bonchev–Trinajstić information content (AvgIpc) is 3.43. The third kappa shape index (κ3) is 4.56. The number of ether oxygens (including phenoxy) is 2. The van der Waals surface area contributed by atoms with Crippen molar-refractivity contribution in [2.24, 2.45) is 5.10 Å². The Balaban J connectivity index is 1.71. The van der Waals surface area contributed by atoms with Crippen LogP contribution in [0.3, 0.4) is 0 Å². The van der Waals surface area contributed by atoms with Gasteiger partial charge in [0.15, 0.2) is 11.5 Å². The van der Waals surface area contributed by atoms with Crippen LogP contribution in [-0.2, 0) is 11.3 Å². The van der Waals surface area contributed by atoms with Gasteiger partial charge in [-0.15, -0.1) is 11.3 Å². The molecule has 0 aliphatic heterocycles. The number of thiophene rings is 1. The van der Waals surface area contributed by atoms with Crippen molar-refractivity contribution in [3.8, 4) is 17.2 Å². The molecular weight excluding hydrogens is 464 g/mol. The topological polar surface area (TPSA) is 98.0 Å². The quantitative estimate of drug-likeness (QED) is 0.293. The first kappa shape index (κ1) is 22.8. The van der Waals surface area contributed by atoms with Gasteiger partial charge in [0.2, 0.25) is 0 Å². The molecule has 0 saturated heterocycles. The van der Waals surface area contributed by atoms with Gasteiger partial charge in [-0.25, -0.2) is 10.4 Å². The van der Waals surface area contributed by atoms with E-state index in [2.05, 4.69) is 15.5 Å². The SMILES string of the molecule is COCc1cc(C)nc2sc(C(=O)N/N=C/c3cc(Cl)c(O)c(OC)c3)c(-n3cccc3)c12. The summed E-state index contributed by atoms with van der Waals surface area (Å²) < 4.78 is 12.4. The number of methoxy groups -OCH3 is 2. The molecule has 0 unspecified atom stereocenters. The minimum absolute atomic E-state index is 0.119. The van der Waals surface area contributed by atoms with Crippen molar-refractivity contribution in [3.05, 3.63) is 69.4 Å². The number of pyridine rings is 1. The fraction of sp³-hybridized carbons (Fsp3) is 0.174. The Morgan fingerprint density at radius 2 is 2.06 bits per heavy atom. The number of hydrogen-bond acceptors (Lipinski definition) is 7. The van der Waals surface area contributed by atoms with Gasteiger partial charge in [-0.1, -0.05) is 11.6 Å². The Hall–Kier alpha value is -3.40. The van der Waals surface area contributed by atoms with E-state index in [0.717, 1.165) is 27.2 Å². The second-order valence-electron chi connectivity index (χ2n) is 7.16. The van der Waals surface area contributed by atoms with Crippen LogP contribution in [0.25, 0.3) is 15.9 Å². The van der Waals surface area contributed by atoms with Crippen molar-refractivity contribution in [1.29, 1.82) is 0 Å². The molecule has 3 aromatic heterocycles. The summed E-state index contributed by atoms with van der Waals surface area (Å²) in [6.07, 6.45) is 5.18. The first-order valence-electron chi connectivity index (χ1n) is 9.88. The molecular formula is C23H21ClN4O4S. The number of rotatable bonds is 7. The van der Waals surface area contributed by atoms with E-state index in [1.807, 2.05) is 42.1 Å². The molecule has 3 heterocycles. The van der Waals surface area contributed by atoms with E-state index in [9.17, 15) is 9.90 Å². The lowest BCUT2D eigenvalue weighted by molar-refractivity contribution is 0.0959. The van der Waals surface area contributed by atoms with E-state index in [1.165, 1.54) is 30.7 Å². The Kier molecular flexibility index (Phi) is 6.64. The van der Waals surface area contributed by atoms with Crippen LogP contribution in [0.2, 0.25) is 5.02 Å². The largest absolute Gasteiger partial charge is 0.503 e. The highest BCUT2D eigenvalue weighted by Crippen LogP contribution is 2.37. The first-order valence-corrected chi connectivity index (χ1v) is 11.1. The van der Waals surface area contributed by atoms with Crippen LogP contribution in [-0.4, -0.2) is 41.0 Å². The van der Waals surface area contributed by atoms with Gasteiger partial charge in [0.25, 0.3) is 5.91 Å². The summed E-state index contributed by atoms with van der Waals surface area (Å²) in [7, 11) is 3.06. The maximum atomic E-state index is 13.1. The number of nitrogens with one attached hydrogen (secondary N) is 1. The molecule has 0 aliphatic rings. The molecule has 0 aliphatic carbocycles. The van der Waals surface area contributed by atoms with Crippen LogP contribution < -0.4 is 10.2 Å². The van der Waals surface area contributed by atoms with E-state index in [1.54, 1.807) is 13.2 Å². The highest BCUT2D eigenvalue weighted by molar-refractivity contribution is 7.21. The minimum Gasteiger partial charge on any atom is -0.503 e. The fourth-order valence-corrected chi connectivity index (χ4v) is 4.86. The summed E-state index contributed by atoms with van der Waals surface area (Å²) in [6, 6.07) is 8.83. The van der Waals surface area contributed by atoms with Gasteiger partial charge in [-0.3, -0.25) is 4.79 Å². The monoisotopic (exact) mass is 484 g/mol. The van der Waals surface area contributed by atoms with E-state index in [4.69, 9.17) is 21.1 Å². The molecule has 0 atom stereocenters. The standard InChI is InChI=1S/C23H21ClN4O4S/c1-13-8-15(12-31-2)18-19(28-6-4-5-7-28)21(33-23(18)26-13)22(30)27-25-11-14-9-16(24)20(29)17(10-14)32-3/h4-11,29H,12H2,1-3H3,(H,27,30)/b25-11+. The number of carbonyl (C=O) groups excluding carboxylic acids is 1. The van der Waals surface area contributed by atoms with Crippen molar-refractivity contribution < 1.29 is 19.4 Å². The van der Waals surface area contributed by atoms with Crippen molar-refractivity contribution >= 4 is 45.3 Å². The van der Waals surface area contributed by atoms with Crippen molar-refractivity contribution in [1.82, 2.24) is 15.0 Å². The Bertz CT molecular complexity index is 1350. The van der Waals surface area contributed by atoms with Crippen LogP contribution in [0.15, 0.2) is 47.8 Å². The maximum Gasteiger partial charge on any atom is 0.283 e. The summed E-state index contributed by atoms with van der Waals surface area (Å²) in [5.41, 5.74) is 5.64. The number of benzene rings is 1. The number of phenols is 1. The maximum absolute atomic E-state index is 13.1. The van der Waals surface area contributed by atoms with Gasteiger partial charge >= 0.3 is 0 Å². The normalized spacial score (nSPS) is 11.4. The summed E-state index contributed by atoms with van der Waals surface area (Å²) in [5.74, 6) is -0.325. The van der Waals surface area contributed by atoms with Crippen molar-refractivity contribution in [2.45, 2.75) is 13.5 Å². The highest BCUT2D eigenvalue weighted by atomic mass is 35.5. The third-order valence-electron chi connectivity index (χ3n) is 4.87. The van der Waals surface area contributed by atoms with Crippen LogP contribution in [0.4, 0.5) is 0 Å².